The number of aromatic nitrogens is 2. The number of hydrogen-bond donors (Lipinski definition) is 1. The first-order valence-corrected chi connectivity index (χ1v) is 12.9. The van der Waals surface area contributed by atoms with Crippen LogP contribution in [0.15, 0.2) is 66.1 Å². The van der Waals surface area contributed by atoms with Crippen LogP contribution in [-0.2, 0) is 36.5 Å². The minimum absolute atomic E-state index is 0.0535. The van der Waals surface area contributed by atoms with Gasteiger partial charge in [0.05, 0.1) is 6.33 Å². The van der Waals surface area contributed by atoms with Crippen LogP contribution in [0.3, 0.4) is 0 Å². The molecule has 1 fully saturated rings. The molecule has 0 bridgehead atoms. The first-order valence-electron chi connectivity index (χ1n) is 11.4. The van der Waals surface area contributed by atoms with Gasteiger partial charge in [0, 0.05) is 31.7 Å². The number of hydrogen-bond acceptors (Lipinski definition) is 4. The van der Waals surface area contributed by atoms with Gasteiger partial charge in [0.2, 0.25) is 0 Å². The first-order chi connectivity index (χ1) is 15.5. The lowest BCUT2D eigenvalue weighted by Crippen LogP contribution is -2.49. The van der Waals surface area contributed by atoms with Crippen LogP contribution >= 0.6 is 0 Å². The summed E-state index contributed by atoms with van der Waals surface area (Å²) in [6, 6.07) is 17.8. The number of nitrogens with zero attached hydrogens (tertiary/aromatic N) is 3. The van der Waals surface area contributed by atoms with E-state index in [0.29, 0.717) is 12.0 Å². The van der Waals surface area contributed by atoms with E-state index in [9.17, 15) is 8.42 Å². The Morgan fingerprint density at radius 2 is 1.91 bits per heavy atom. The van der Waals surface area contributed by atoms with Crippen LogP contribution in [0, 0.1) is 0 Å². The van der Waals surface area contributed by atoms with E-state index in [2.05, 4.69) is 63.1 Å². The average molecular weight is 451 g/mol. The van der Waals surface area contributed by atoms with Gasteiger partial charge in [0.15, 0.2) is 5.03 Å². The number of fused-ring (bicyclic) bond motifs is 1. The molecule has 5 rings (SSSR count). The van der Waals surface area contributed by atoms with Crippen LogP contribution in [0.25, 0.3) is 0 Å². The molecule has 168 valence electrons. The molecule has 0 saturated carbocycles. The highest BCUT2D eigenvalue weighted by Crippen LogP contribution is 2.39. The lowest BCUT2D eigenvalue weighted by molar-refractivity contribution is 0.0877. The highest BCUT2D eigenvalue weighted by Gasteiger charge is 2.35. The summed E-state index contributed by atoms with van der Waals surface area (Å²) in [6.07, 6.45) is 7.59. The third-order valence-corrected chi connectivity index (χ3v) is 8.15. The molecule has 1 saturated heterocycles. The van der Waals surface area contributed by atoms with Gasteiger partial charge < -0.3 is 4.57 Å². The number of sulfonamides is 1. The smallest absolute Gasteiger partial charge is 0.259 e. The van der Waals surface area contributed by atoms with E-state index in [1.165, 1.54) is 55.1 Å². The monoisotopic (exact) mass is 450 g/mol. The van der Waals surface area contributed by atoms with E-state index in [4.69, 9.17) is 0 Å². The molecule has 0 amide bonds. The van der Waals surface area contributed by atoms with Crippen molar-refractivity contribution in [2.24, 2.45) is 7.05 Å². The molecule has 1 aliphatic carbocycles. The van der Waals surface area contributed by atoms with Gasteiger partial charge in [-0.15, -0.1) is 0 Å². The second-order valence-corrected chi connectivity index (χ2v) is 10.7. The van der Waals surface area contributed by atoms with Gasteiger partial charge in [-0.1, -0.05) is 48.5 Å². The van der Waals surface area contributed by atoms with E-state index in [0.717, 1.165) is 18.4 Å². The lowest BCUT2D eigenvalue weighted by Gasteiger charge is -2.45. The van der Waals surface area contributed by atoms with E-state index < -0.39 is 10.0 Å². The lowest BCUT2D eigenvalue weighted by atomic mass is 9.74. The maximum absolute atomic E-state index is 12.6. The van der Waals surface area contributed by atoms with Crippen molar-refractivity contribution < 1.29 is 8.42 Å². The number of aryl methyl sites for hydroxylation is 2. The molecule has 1 aliphatic heterocycles. The van der Waals surface area contributed by atoms with Crippen LogP contribution in [0.4, 0.5) is 0 Å². The number of likely N-dealkylation sites (tertiary alicyclic amines) is 1. The van der Waals surface area contributed by atoms with Crippen LogP contribution in [0.1, 0.15) is 41.0 Å². The minimum atomic E-state index is -3.63. The summed E-state index contributed by atoms with van der Waals surface area (Å²) in [7, 11) is -1.87. The Kier molecular flexibility index (Phi) is 5.88. The van der Waals surface area contributed by atoms with Crippen LogP contribution in [-0.4, -0.2) is 42.0 Å². The van der Waals surface area contributed by atoms with Gasteiger partial charge in [0.25, 0.3) is 10.0 Å². The second-order valence-electron chi connectivity index (χ2n) is 9.03. The fourth-order valence-corrected chi connectivity index (χ4v) is 6.04. The van der Waals surface area contributed by atoms with Gasteiger partial charge in [0.1, 0.15) is 0 Å². The molecule has 1 N–H and O–H groups in total. The summed E-state index contributed by atoms with van der Waals surface area (Å²) in [5, 5.41) is 0.0535. The summed E-state index contributed by atoms with van der Waals surface area (Å²) < 4.78 is 29.6. The summed E-state index contributed by atoms with van der Waals surface area (Å²) in [5.41, 5.74) is 5.13. The number of nitrogens with one attached hydrogen (secondary N) is 1. The zero-order valence-corrected chi connectivity index (χ0v) is 19.3. The second kappa shape index (κ2) is 8.81. The van der Waals surface area contributed by atoms with E-state index in [1.54, 1.807) is 11.6 Å². The Balaban J connectivity index is 1.40. The molecule has 3 aromatic rings. The topological polar surface area (TPSA) is 67.2 Å². The van der Waals surface area contributed by atoms with Gasteiger partial charge in [-0.25, -0.2) is 18.1 Å². The average Bonchev–Trinajstić information content (AvgIpc) is 3.21. The Labute approximate surface area is 190 Å². The Bertz CT molecular complexity index is 1190. The number of imidazole rings is 1. The molecule has 1 aromatic heterocycles. The van der Waals surface area contributed by atoms with Crippen LogP contribution in [0.5, 0.6) is 0 Å². The standard InChI is InChI=1S/C25H30N4O2S/c1-28-17-25(26-18-28)32(30,31)27-16-20-8-9-21-10-11-24(29-12-5-13-29)23(22(21)15-20)14-19-6-3-2-4-7-19/h2-4,6-9,15,17-18,23-24,27H,5,10-14,16H2,1H3/t23-,24+/m1/s1. The van der Waals surface area contributed by atoms with Crippen molar-refractivity contribution in [2.45, 2.75) is 49.2 Å². The van der Waals surface area contributed by atoms with Gasteiger partial charge in [-0.3, -0.25) is 4.90 Å². The molecule has 2 atom stereocenters. The third-order valence-electron chi connectivity index (χ3n) is 6.86. The predicted molar refractivity (Wildman–Crippen MR) is 125 cm³/mol. The van der Waals surface area contributed by atoms with Crippen molar-refractivity contribution in [3.05, 3.63) is 83.3 Å². The predicted octanol–water partition coefficient (Wildman–Crippen LogP) is 3.25. The largest absolute Gasteiger partial charge is 0.339 e. The molecule has 0 unspecified atom stereocenters. The fraction of sp³-hybridized carbons (Fsp3) is 0.400. The van der Waals surface area contributed by atoms with Crippen molar-refractivity contribution in [2.75, 3.05) is 13.1 Å². The first kappa shape index (κ1) is 21.4. The third kappa shape index (κ3) is 4.37. The summed E-state index contributed by atoms with van der Waals surface area (Å²) in [5.74, 6) is 0.425. The SMILES string of the molecule is Cn1cnc(S(=O)(=O)NCc2ccc3c(c2)[C@@H](Cc2ccccc2)[C@@H](N2CCC2)CC3)c1. The highest BCUT2D eigenvalue weighted by molar-refractivity contribution is 7.89. The van der Waals surface area contributed by atoms with E-state index in [-0.39, 0.29) is 11.6 Å². The zero-order chi connectivity index (χ0) is 22.1. The number of benzene rings is 2. The summed E-state index contributed by atoms with van der Waals surface area (Å²) in [4.78, 5) is 6.61. The molecular weight excluding hydrogens is 420 g/mol. The van der Waals surface area contributed by atoms with Gasteiger partial charge >= 0.3 is 0 Å². The summed E-state index contributed by atoms with van der Waals surface area (Å²) in [6.45, 7) is 2.64. The maximum atomic E-state index is 12.6. The molecular formula is C25H30N4O2S. The zero-order valence-electron chi connectivity index (χ0n) is 18.4. The fourth-order valence-electron chi connectivity index (χ4n) is 5.04. The molecule has 0 spiro atoms. The van der Waals surface area contributed by atoms with Crippen molar-refractivity contribution >= 4 is 10.0 Å². The van der Waals surface area contributed by atoms with Gasteiger partial charge in [-0.2, -0.15) is 0 Å². The highest BCUT2D eigenvalue weighted by atomic mass is 32.2. The van der Waals surface area contributed by atoms with E-state index in [1.807, 2.05) is 0 Å². The molecule has 0 radical (unpaired) electrons. The molecule has 6 nitrogen and oxygen atoms in total. The Morgan fingerprint density at radius 1 is 1.09 bits per heavy atom. The summed E-state index contributed by atoms with van der Waals surface area (Å²) >= 11 is 0. The maximum Gasteiger partial charge on any atom is 0.259 e. The van der Waals surface area contributed by atoms with E-state index >= 15 is 0 Å². The molecule has 2 aliphatic rings. The van der Waals surface area contributed by atoms with Gasteiger partial charge in [-0.05, 0) is 61.0 Å². The minimum Gasteiger partial charge on any atom is -0.339 e. The molecule has 7 heteroatoms. The van der Waals surface area contributed by atoms with Crippen molar-refractivity contribution in [1.29, 1.82) is 0 Å². The molecule has 32 heavy (non-hydrogen) atoms. The Morgan fingerprint density at radius 3 is 2.59 bits per heavy atom. The number of rotatable bonds is 7. The molecule has 2 heterocycles. The van der Waals surface area contributed by atoms with Crippen LogP contribution in [0.2, 0.25) is 0 Å². The van der Waals surface area contributed by atoms with Crippen molar-refractivity contribution in [1.82, 2.24) is 19.2 Å². The van der Waals surface area contributed by atoms with Crippen molar-refractivity contribution in [3.8, 4) is 0 Å². The normalized spacial score (nSPS) is 21.2. The van der Waals surface area contributed by atoms with Crippen molar-refractivity contribution in [3.63, 3.8) is 0 Å². The molecule has 2 aromatic carbocycles. The Hall–Kier alpha value is -2.48. The quantitative estimate of drug-likeness (QED) is 0.600. The van der Waals surface area contributed by atoms with Crippen LogP contribution < -0.4 is 4.72 Å².